The monoisotopic (exact) mass is 338 g/mol. The van der Waals surface area contributed by atoms with Crippen LogP contribution in [0, 0.1) is 5.92 Å². The molecule has 0 spiro atoms. The third kappa shape index (κ3) is 4.08. The van der Waals surface area contributed by atoms with E-state index in [2.05, 4.69) is 27.0 Å². The van der Waals surface area contributed by atoms with Crippen LogP contribution >= 0.6 is 0 Å². The van der Waals surface area contributed by atoms with Crippen molar-refractivity contribution in [2.45, 2.75) is 26.2 Å². The number of hydrogen-bond acceptors (Lipinski definition) is 2. The van der Waals surface area contributed by atoms with E-state index in [0.717, 1.165) is 35.1 Å². The Balaban J connectivity index is 2.46. The van der Waals surface area contributed by atoms with E-state index in [1.807, 2.05) is 24.3 Å². The minimum Gasteiger partial charge on any atom is -0.366 e. The first kappa shape index (κ1) is 18.7. The number of nitrogens with zero attached hydrogens (tertiary/aromatic N) is 1. The van der Waals surface area contributed by atoms with Gasteiger partial charge >= 0.3 is 0 Å². The molecule has 1 fully saturated rings. The van der Waals surface area contributed by atoms with E-state index >= 15 is 0 Å². The second kappa shape index (κ2) is 7.97. The van der Waals surface area contributed by atoms with Crippen molar-refractivity contribution in [3.63, 3.8) is 0 Å². The highest BCUT2D eigenvalue weighted by molar-refractivity contribution is 5.96. The van der Waals surface area contributed by atoms with Crippen LogP contribution in [0.2, 0.25) is 0 Å². The van der Waals surface area contributed by atoms with E-state index < -0.39 is 5.91 Å². The normalized spacial score (nSPS) is 17.6. The summed E-state index contributed by atoms with van der Waals surface area (Å²) in [6.07, 6.45) is 5.33. The molecule has 2 rings (SSSR count). The molecule has 1 atom stereocenters. The molecule has 1 aliphatic heterocycles. The maximum absolute atomic E-state index is 12.0. The molecule has 2 N–H and O–H groups in total. The summed E-state index contributed by atoms with van der Waals surface area (Å²) < 4.78 is 0. The van der Waals surface area contributed by atoms with Gasteiger partial charge in [0.2, 0.25) is 12.3 Å². The van der Waals surface area contributed by atoms with Crippen LogP contribution in [-0.4, -0.2) is 30.3 Å². The molecule has 1 heterocycles. The maximum atomic E-state index is 12.0. The third-order valence-electron chi connectivity index (χ3n) is 4.77. The van der Waals surface area contributed by atoms with Crippen molar-refractivity contribution in [2.24, 2.45) is 11.7 Å². The van der Waals surface area contributed by atoms with Crippen LogP contribution < -0.4 is 5.73 Å². The summed E-state index contributed by atoms with van der Waals surface area (Å²) in [4.78, 5) is 24.7. The van der Waals surface area contributed by atoms with E-state index in [0.29, 0.717) is 18.7 Å². The molecule has 4 heteroatoms. The molecule has 1 aliphatic rings. The van der Waals surface area contributed by atoms with Crippen molar-refractivity contribution in [3.8, 4) is 0 Å². The van der Waals surface area contributed by atoms with Gasteiger partial charge in [-0.25, -0.2) is 0 Å². The van der Waals surface area contributed by atoms with Crippen LogP contribution in [0.15, 0.2) is 49.1 Å². The second-order valence-corrected chi connectivity index (χ2v) is 6.75. The Hall–Kier alpha value is -2.62. The summed E-state index contributed by atoms with van der Waals surface area (Å²) in [5, 5.41) is 0. The van der Waals surface area contributed by atoms with Crippen molar-refractivity contribution in [2.75, 3.05) is 13.1 Å². The first-order valence-corrected chi connectivity index (χ1v) is 8.54. The number of allylic oxidation sites excluding steroid dienone is 4. The predicted molar refractivity (Wildman–Crippen MR) is 102 cm³/mol. The quantitative estimate of drug-likeness (QED) is 0.611. The third-order valence-corrected chi connectivity index (χ3v) is 4.77. The molecule has 25 heavy (non-hydrogen) atoms. The number of primary amides is 1. The molecule has 0 aliphatic carbocycles. The molecule has 0 aromatic heterocycles. The Bertz CT molecular complexity index is 731. The van der Waals surface area contributed by atoms with Crippen molar-refractivity contribution in [1.29, 1.82) is 0 Å². The maximum Gasteiger partial charge on any atom is 0.249 e. The van der Waals surface area contributed by atoms with Crippen LogP contribution in [0.4, 0.5) is 0 Å². The number of hydrogen-bond donors (Lipinski definition) is 1. The summed E-state index contributed by atoms with van der Waals surface area (Å²) >= 11 is 0. The smallest absolute Gasteiger partial charge is 0.249 e. The lowest BCUT2D eigenvalue weighted by Crippen LogP contribution is -2.20. The fraction of sp³-hybridized carbons (Fsp3) is 0.333. The van der Waals surface area contributed by atoms with Gasteiger partial charge in [0.1, 0.15) is 0 Å². The highest BCUT2D eigenvalue weighted by atomic mass is 16.1. The number of carbonyl (C=O) groups excluding carboxylic acids is 2. The molecule has 132 valence electrons. The fourth-order valence-corrected chi connectivity index (χ4v) is 3.25. The standard InChI is InChI=1S/C21H26N2O2/c1-5-6-18(15(4)14(2)3)16-7-8-19(20(11-16)21(22)25)17-9-10-23(12-17)13-24/h5-8,11,13-14,17H,1,4,9-10,12H2,2-3H3,(H2,22,25)/b18-6+. The van der Waals surface area contributed by atoms with Crippen LogP contribution in [0.25, 0.3) is 5.57 Å². The van der Waals surface area contributed by atoms with Gasteiger partial charge in [-0.3, -0.25) is 9.59 Å². The van der Waals surface area contributed by atoms with Gasteiger partial charge in [-0.05, 0) is 40.7 Å². The number of rotatable bonds is 7. The number of benzene rings is 1. The molecule has 0 radical (unpaired) electrons. The lowest BCUT2D eigenvalue weighted by atomic mass is 9.86. The SMILES string of the molecule is C=C/C=C(\C(=C)C(C)C)c1ccc(C2CCN(C=O)C2)c(C(N)=O)c1. The van der Waals surface area contributed by atoms with Gasteiger partial charge in [-0.15, -0.1) is 0 Å². The Morgan fingerprint density at radius 2 is 2.12 bits per heavy atom. The lowest BCUT2D eigenvalue weighted by Gasteiger charge is -2.18. The van der Waals surface area contributed by atoms with Gasteiger partial charge in [-0.1, -0.05) is 51.3 Å². The summed E-state index contributed by atoms with van der Waals surface area (Å²) in [7, 11) is 0. The second-order valence-electron chi connectivity index (χ2n) is 6.75. The highest BCUT2D eigenvalue weighted by Crippen LogP contribution is 2.33. The zero-order valence-electron chi connectivity index (χ0n) is 15.0. The largest absolute Gasteiger partial charge is 0.366 e. The summed E-state index contributed by atoms with van der Waals surface area (Å²) in [6.45, 7) is 13.4. The molecule has 1 aromatic rings. The number of nitrogens with two attached hydrogens (primary N) is 1. The van der Waals surface area contributed by atoms with Gasteiger partial charge < -0.3 is 10.6 Å². The van der Waals surface area contributed by atoms with Crippen molar-refractivity contribution < 1.29 is 9.59 Å². The molecule has 1 aromatic carbocycles. The van der Waals surface area contributed by atoms with Crippen LogP contribution in [0.3, 0.4) is 0 Å². The first-order valence-electron chi connectivity index (χ1n) is 8.54. The molecule has 2 amide bonds. The average molecular weight is 338 g/mol. The highest BCUT2D eigenvalue weighted by Gasteiger charge is 2.26. The van der Waals surface area contributed by atoms with E-state index in [9.17, 15) is 9.59 Å². The fourth-order valence-electron chi connectivity index (χ4n) is 3.25. The van der Waals surface area contributed by atoms with Gasteiger partial charge in [0.05, 0.1) is 0 Å². The van der Waals surface area contributed by atoms with Crippen molar-refractivity contribution in [3.05, 3.63) is 65.8 Å². The van der Waals surface area contributed by atoms with Crippen molar-refractivity contribution >= 4 is 17.9 Å². The number of amides is 2. The molecule has 0 bridgehead atoms. The molecular weight excluding hydrogens is 312 g/mol. The summed E-state index contributed by atoms with van der Waals surface area (Å²) in [5.74, 6) is -0.0321. The van der Waals surface area contributed by atoms with Crippen LogP contribution in [-0.2, 0) is 4.79 Å². The van der Waals surface area contributed by atoms with Crippen molar-refractivity contribution in [1.82, 2.24) is 4.90 Å². The van der Waals surface area contributed by atoms with Crippen LogP contribution in [0.1, 0.15) is 47.7 Å². The van der Waals surface area contributed by atoms with Gasteiger partial charge in [0.15, 0.2) is 0 Å². The minimum absolute atomic E-state index is 0.141. The van der Waals surface area contributed by atoms with E-state index in [1.54, 1.807) is 11.0 Å². The van der Waals surface area contributed by atoms with E-state index in [-0.39, 0.29) is 11.8 Å². The molecular formula is C21H26N2O2. The Morgan fingerprint density at radius 1 is 1.40 bits per heavy atom. The van der Waals surface area contributed by atoms with Gasteiger partial charge in [0, 0.05) is 24.6 Å². The number of carbonyl (C=O) groups is 2. The Kier molecular flexibility index (Phi) is 5.97. The topological polar surface area (TPSA) is 63.4 Å². The first-order chi connectivity index (χ1) is 11.9. The predicted octanol–water partition coefficient (Wildman–Crippen LogP) is 3.51. The summed E-state index contributed by atoms with van der Waals surface area (Å²) in [5.41, 5.74) is 9.92. The molecule has 1 unspecified atom stereocenters. The van der Waals surface area contributed by atoms with Gasteiger partial charge in [-0.2, -0.15) is 0 Å². The Labute approximate surface area is 149 Å². The van der Waals surface area contributed by atoms with Gasteiger partial charge in [0.25, 0.3) is 0 Å². The minimum atomic E-state index is -0.450. The lowest BCUT2D eigenvalue weighted by molar-refractivity contribution is -0.117. The number of likely N-dealkylation sites (tertiary alicyclic amines) is 1. The molecule has 4 nitrogen and oxygen atoms in total. The molecule has 1 saturated heterocycles. The zero-order valence-corrected chi connectivity index (χ0v) is 15.0. The summed E-state index contributed by atoms with van der Waals surface area (Å²) in [6, 6.07) is 5.79. The Morgan fingerprint density at radius 3 is 2.64 bits per heavy atom. The van der Waals surface area contributed by atoms with E-state index in [1.165, 1.54) is 0 Å². The van der Waals surface area contributed by atoms with Crippen LogP contribution in [0.5, 0.6) is 0 Å². The van der Waals surface area contributed by atoms with E-state index in [4.69, 9.17) is 5.73 Å². The average Bonchev–Trinajstić information content (AvgIpc) is 3.07. The zero-order chi connectivity index (χ0) is 18.6. The molecule has 0 saturated carbocycles.